The van der Waals surface area contributed by atoms with Gasteiger partial charge in [-0.25, -0.2) is 0 Å². The number of halogens is 1. The van der Waals surface area contributed by atoms with Crippen LogP contribution in [0.3, 0.4) is 0 Å². The van der Waals surface area contributed by atoms with E-state index in [2.05, 4.69) is 8.85 Å². The molecule has 0 fully saturated rings. The van der Waals surface area contributed by atoms with E-state index < -0.39 is 10.9 Å². The second-order valence-corrected chi connectivity index (χ2v) is 2.76. The molecular weight excluding hydrogens is 273 g/mol. The molecule has 0 aromatic heterocycles. The van der Waals surface area contributed by atoms with E-state index in [1.807, 2.05) is 0 Å². The lowest BCUT2D eigenvalue weighted by Gasteiger charge is -2.10. The minimum absolute atomic E-state index is 0.342. The Morgan fingerprint density at radius 2 is 1.83 bits per heavy atom. The number of hydrogen-bond donors (Lipinski definition) is 3. The van der Waals surface area contributed by atoms with Crippen LogP contribution in [0.2, 0.25) is 0 Å². The molecule has 0 aliphatic rings. The molecule has 0 aliphatic heterocycles. The molecule has 0 aliphatic carbocycles. The Morgan fingerprint density at radius 3 is 2.33 bits per heavy atom. The molecule has 66 valence electrons. The summed E-state index contributed by atoms with van der Waals surface area (Å²) < 4.78 is 2.62. The quantitative estimate of drug-likeness (QED) is 0.390. The average Bonchev–Trinajstić information content (AvgIpc) is 2.10. The largest absolute Gasteiger partial charge is 0.379 e. The summed E-state index contributed by atoms with van der Waals surface area (Å²) in [7, 11) is 0. The molecule has 1 rings (SSSR count). The number of rotatable bonds is 4. The Balaban J connectivity index is 2.79. The summed E-state index contributed by atoms with van der Waals surface area (Å²) >= 11 is 1.80. The van der Waals surface area contributed by atoms with E-state index in [9.17, 15) is 9.59 Å². The Morgan fingerprint density at radius 1 is 1.25 bits per heavy atom. The molecule has 6 heteroatoms. The van der Waals surface area contributed by atoms with E-state index >= 15 is 0 Å². The number of anilines is 2. The van der Waals surface area contributed by atoms with Gasteiger partial charge in [0.1, 0.15) is 11.4 Å². The Labute approximate surface area is 82.5 Å². The van der Waals surface area contributed by atoms with Crippen LogP contribution in [0.5, 0.6) is 0 Å². The Kier molecular flexibility index (Phi) is 3.04. The van der Waals surface area contributed by atoms with E-state index in [1.165, 1.54) is 0 Å². The molecule has 0 radical (unpaired) electrons. The fourth-order valence-corrected chi connectivity index (χ4v) is 1.36. The normalized spacial score (nSPS) is 10.2. The first-order valence-electron chi connectivity index (χ1n) is 3.36. The van der Waals surface area contributed by atoms with Gasteiger partial charge in [-0.05, 0) is 0 Å². The molecule has 0 atom stereocenters. The molecule has 1 aromatic rings. The molecule has 0 saturated heterocycles. The molecule has 12 heavy (non-hydrogen) atoms. The van der Waals surface area contributed by atoms with E-state index in [4.69, 9.17) is 5.73 Å². The lowest BCUT2D eigenvalue weighted by atomic mass is 10.2. The van der Waals surface area contributed by atoms with Gasteiger partial charge in [0.05, 0.1) is 22.9 Å². The van der Waals surface area contributed by atoms with Crippen LogP contribution in [0.15, 0.2) is 9.59 Å². The summed E-state index contributed by atoms with van der Waals surface area (Å²) in [6, 6.07) is 0. The van der Waals surface area contributed by atoms with Crippen molar-refractivity contribution in [3.8, 4) is 0 Å². The first-order valence-corrected chi connectivity index (χ1v) is 4.44. The number of hydrogen-bond acceptors (Lipinski definition) is 5. The second-order valence-electron chi connectivity index (χ2n) is 2.22. The summed E-state index contributed by atoms with van der Waals surface area (Å²) in [6.45, 7) is 0.926. The zero-order valence-corrected chi connectivity index (χ0v) is 8.34. The molecule has 1 aromatic carbocycles. The van der Waals surface area contributed by atoms with Crippen LogP contribution in [0.4, 0.5) is 11.4 Å². The third-order valence-corrected chi connectivity index (χ3v) is 1.99. The SMILES string of the molecule is NCCNc1c(NI)c(=O)c1=O. The average molecular weight is 281 g/mol. The van der Waals surface area contributed by atoms with Gasteiger partial charge in [-0.2, -0.15) is 0 Å². The maximum atomic E-state index is 10.9. The smallest absolute Gasteiger partial charge is 0.253 e. The molecule has 0 amide bonds. The van der Waals surface area contributed by atoms with Crippen LogP contribution >= 0.6 is 22.9 Å². The molecule has 0 unspecified atom stereocenters. The minimum Gasteiger partial charge on any atom is -0.379 e. The van der Waals surface area contributed by atoms with Gasteiger partial charge < -0.3 is 14.6 Å². The van der Waals surface area contributed by atoms with Crippen molar-refractivity contribution in [1.82, 2.24) is 0 Å². The van der Waals surface area contributed by atoms with Crippen LogP contribution in [0.1, 0.15) is 0 Å². The van der Waals surface area contributed by atoms with Crippen LogP contribution in [0, 0.1) is 0 Å². The van der Waals surface area contributed by atoms with Gasteiger partial charge in [0.25, 0.3) is 10.9 Å². The van der Waals surface area contributed by atoms with Crippen LogP contribution < -0.4 is 25.4 Å². The molecule has 4 N–H and O–H groups in total. The third kappa shape index (κ3) is 1.44. The zero-order chi connectivity index (χ0) is 9.14. The van der Waals surface area contributed by atoms with Crippen LogP contribution in [0.25, 0.3) is 0 Å². The fourth-order valence-electron chi connectivity index (χ4n) is 0.848. The summed E-state index contributed by atoms with van der Waals surface area (Å²) in [5.41, 5.74) is 4.97. The van der Waals surface area contributed by atoms with E-state index in [1.54, 1.807) is 22.9 Å². The maximum absolute atomic E-state index is 10.9. The van der Waals surface area contributed by atoms with Crippen molar-refractivity contribution >= 4 is 34.2 Å². The highest BCUT2D eigenvalue weighted by atomic mass is 127. The van der Waals surface area contributed by atoms with Gasteiger partial charge in [-0.15, -0.1) is 0 Å². The van der Waals surface area contributed by atoms with Crippen LogP contribution in [-0.4, -0.2) is 13.1 Å². The first-order chi connectivity index (χ1) is 5.72. The van der Waals surface area contributed by atoms with Crippen molar-refractivity contribution in [3.63, 3.8) is 0 Å². The third-order valence-electron chi connectivity index (χ3n) is 1.45. The van der Waals surface area contributed by atoms with E-state index in [0.29, 0.717) is 24.5 Å². The summed E-state index contributed by atoms with van der Waals surface area (Å²) in [5.74, 6) is 0. The molecule has 0 saturated carbocycles. The Bertz CT molecular complexity index is 342. The van der Waals surface area contributed by atoms with Gasteiger partial charge in [0.15, 0.2) is 0 Å². The van der Waals surface area contributed by atoms with Gasteiger partial charge in [0, 0.05) is 13.1 Å². The number of nitrogens with two attached hydrogens (primary N) is 1. The van der Waals surface area contributed by atoms with Crippen LogP contribution in [-0.2, 0) is 0 Å². The summed E-state index contributed by atoms with van der Waals surface area (Å²) in [6.07, 6.45) is 0. The van der Waals surface area contributed by atoms with E-state index in [-0.39, 0.29) is 0 Å². The van der Waals surface area contributed by atoms with Gasteiger partial charge >= 0.3 is 0 Å². The van der Waals surface area contributed by atoms with Crippen molar-refractivity contribution in [1.29, 1.82) is 0 Å². The monoisotopic (exact) mass is 281 g/mol. The van der Waals surface area contributed by atoms with Crippen molar-refractivity contribution in [2.45, 2.75) is 0 Å². The van der Waals surface area contributed by atoms with Gasteiger partial charge in [0.2, 0.25) is 0 Å². The fraction of sp³-hybridized carbons (Fsp3) is 0.333. The van der Waals surface area contributed by atoms with Gasteiger partial charge in [-0.3, -0.25) is 9.59 Å². The van der Waals surface area contributed by atoms with Gasteiger partial charge in [-0.1, -0.05) is 0 Å². The molecular formula is C6H8IN3O2. The molecule has 0 spiro atoms. The second kappa shape index (κ2) is 3.85. The highest BCUT2D eigenvalue weighted by molar-refractivity contribution is 14.1. The highest BCUT2D eigenvalue weighted by Crippen LogP contribution is 2.14. The summed E-state index contributed by atoms with van der Waals surface area (Å²) in [5, 5.41) is 2.77. The predicted molar refractivity (Wildman–Crippen MR) is 56.5 cm³/mol. The first kappa shape index (κ1) is 9.46. The molecule has 0 bridgehead atoms. The topological polar surface area (TPSA) is 84.2 Å². The van der Waals surface area contributed by atoms with Crippen molar-refractivity contribution < 1.29 is 0 Å². The van der Waals surface area contributed by atoms with E-state index in [0.717, 1.165) is 0 Å². The maximum Gasteiger partial charge on any atom is 0.253 e. The zero-order valence-electron chi connectivity index (χ0n) is 6.19. The predicted octanol–water partition coefficient (Wildman–Crippen LogP) is -0.585. The summed E-state index contributed by atoms with van der Waals surface area (Å²) in [4.78, 5) is 21.7. The molecule has 5 nitrogen and oxygen atoms in total. The molecule has 0 heterocycles. The Hall–Kier alpha value is -0.630. The standard InChI is InChI=1S/C6H8IN3O2/c7-10-4-3(9-2-1-8)5(11)6(4)12/h9-10H,1-2,8H2. The lowest BCUT2D eigenvalue weighted by molar-refractivity contribution is 1.02. The van der Waals surface area contributed by atoms with Crippen molar-refractivity contribution in [3.05, 3.63) is 20.4 Å². The minimum atomic E-state index is -0.470. The number of nitrogens with one attached hydrogen (secondary N) is 2. The van der Waals surface area contributed by atoms with Crippen molar-refractivity contribution in [2.75, 3.05) is 21.9 Å². The van der Waals surface area contributed by atoms with Crippen molar-refractivity contribution in [2.24, 2.45) is 5.73 Å². The highest BCUT2D eigenvalue weighted by Gasteiger charge is 2.18. The lowest BCUT2D eigenvalue weighted by Crippen LogP contribution is -2.36.